The van der Waals surface area contributed by atoms with Crippen molar-refractivity contribution in [3.63, 3.8) is 0 Å². The molecule has 2 rings (SSSR count). The summed E-state index contributed by atoms with van der Waals surface area (Å²) in [6.45, 7) is 2.98. The number of thioether (sulfide) groups is 1. The average Bonchev–Trinajstić information content (AvgIpc) is 2.87. The maximum absolute atomic E-state index is 12.1. The van der Waals surface area contributed by atoms with Crippen LogP contribution in [0.25, 0.3) is 0 Å². The van der Waals surface area contributed by atoms with E-state index in [0.29, 0.717) is 18.2 Å². The number of hydrogen-bond acceptors (Lipinski definition) is 4. The third-order valence-corrected chi connectivity index (χ3v) is 4.50. The summed E-state index contributed by atoms with van der Waals surface area (Å²) in [6.07, 6.45) is 4.46. The van der Waals surface area contributed by atoms with E-state index in [-0.39, 0.29) is 11.7 Å². The summed E-state index contributed by atoms with van der Waals surface area (Å²) in [5, 5.41) is 2.90. The van der Waals surface area contributed by atoms with Gasteiger partial charge in [0.05, 0.1) is 6.54 Å². The Kier molecular flexibility index (Phi) is 5.82. The second-order valence-electron chi connectivity index (χ2n) is 5.40. The second-order valence-corrected chi connectivity index (χ2v) is 6.31. The lowest BCUT2D eigenvalue weighted by atomic mass is 10.1. The largest absolute Gasteiger partial charge is 0.325 e. The summed E-state index contributed by atoms with van der Waals surface area (Å²) >= 11 is 1.83. The minimum Gasteiger partial charge on any atom is -0.325 e. The highest BCUT2D eigenvalue weighted by atomic mass is 32.2. The number of ketones is 1. The van der Waals surface area contributed by atoms with Crippen molar-refractivity contribution in [2.75, 3.05) is 30.4 Å². The summed E-state index contributed by atoms with van der Waals surface area (Å²) in [5.74, 6) is 1.13. The van der Waals surface area contributed by atoms with Crippen LogP contribution >= 0.6 is 11.8 Å². The Morgan fingerprint density at radius 2 is 2.05 bits per heavy atom. The topological polar surface area (TPSA) is 49.4 Å². The molecular weight excluding hydrogens is 284 g/mol. The Morgan fingerprint density at radius 3 is 2.67 bits per heavy atom. The molecule has 1 unspecified atom stereocenters. The lowest BCUT2D eigenvalue weighted by Gasteiger charge is -2.23. The van der Waals surface area contributed by atoms with Crippen molar-refractivity contribution in [2.24, 2.45) is 0 Å². The van der Waals surface area contributed by atoms with Gasteiger partial charge in [-0.2, -0.15) is 11.8 Å². The molecule has 0 aliphatic carbocycles. The zero-order valence-corrected chi connectivity index (χ0v) is 13.4. The molecule has 0 radical (unpaired) electrons. The van der Waals surface area contributed by atoms with E-state index in [9.17, 15) is 9.59 Å². The third-order valence-electron chi connectivity index (χ3n) is 3.78. The van der Waals surface area contributed by atoms with E-state index in [1.165, 1.54) is 19.8 Å². The van der Waals surface area contributed by atoms with Gasteiger partial charge in [-0.25, -0.2) is 0 Å². The fraction of sp³-hybridized carbons (Fsp3) is 0.500. The number of Topliss-reactive ketones (excluding diaryl/α,β-unsaturated/α-hetero) is 1. The molecule has 1 amide bonds. The Bertz CT molecular complexity index is 502. The van der Waals surface area contributed by atoms with E-state index < -0.39 is 0 Å². The van der Waals surface area contributed by atoms with E-state index in [1.807, 2.05) is 11.8 Å². The van der Waals surface area contributed by atoms with Crippen LogP contribution in [0, 0.1) is 0 Å². The van der Waals surface area contributed by atoms with Crippen LogP contribution in [0.4, 0.5) is 5.69 Å². The number of anilines is 1. The highest BCUT2D eigenvalue weighted by Crippen LogP contribution is 2.20. The molecule has 1 N–H and O–H groups in total. The van der Waals surface area contributed by atoms with Gasteiger partial charge in [-0.3, -0.25) is 14.5 Å². The average molecular weight is 306 g/mol. The number of carbonyl (C=O) groups is 2. The van der Waals surface area contributed by atoms with E-state index >= 15 is 0 Å². The van der Waals surface area contributed by atoms with Gasteiger partial charge in [-0.15, -0.1) is 0 Å². The van der Waals surface area contributed by atoms with Crippen LogP contribution in [0.2, 0.25) is 0 Å². The number of nitrogens with zero attached hydrogens (tertiary/aromatic N) is 1. The minimum atomic E-state index is 0.0126. The number of rotatable bonds is 6. The van der Waals surface area contributed by atoms with Crippen molar-refractivity contribution in [1.29, 1.82) is 0 Å². The van der Waals surface area contributed by atoms with Crippen LogP contribution in [0.15, 0.2) is 24.3 Å². The maximum Gasteiger partial charge on any atom is 0.238 e. The molecule has 1 atom stereocenters. The molecular formula is C16H22N2O2S. The van der Waals surface area contributed by atoms with E-state index in [0.717, 1.165) is 18.0 Å². The first-order valence-corrected chi connectivity index (χ1v) is 8.63. The molecule has 0 spiro atoms. The van der Waals surface area contributed by atoms with Crippen molar-refractivity contribution in [1.82, 2.24) is 4.90 Å². The van der Waals surface area contributed by atoms with Crippen molar-refractivity contribution < 1.29 is 9.59 Å². The molecule has 1 aromatic rings. The molecule has 4 nitrogen and oxygen atoms in total. The number of benzene rings is 1. The summed E-state index contributed by atoms with van der Waals surface area (Å²) in [7, 11) is 0. The molecule has 0 aromatic heterocycles. The molecule has 0 saturated carbocycles. The first kappa shape index (κ1) is 16.0. The Hall–Kier alpha value is -1.33. The minimum absolute atomic E-state index is 0.0126. The van der Waals surface area contributed by atoms with Gasteiger partial charge in [0.2, 0.25) is 5.91 Å². The van der Waals surface area contributed by atoms with E-state index in [2.05, 4.69) is 16.5 Å². The quantitative estimate of drug-likeness (QED) is 0.821. The van der Waals surface area contributed by atoms with Gasteiger partial charge in [0, 0.05) is 23.0 Å². The van der Waals surface area contributed by atoms with Crippen molar-refractivity contribution in [3.05, 3.63) is 29.8 Å². The van der Waals surface area contributed by atoms with Gasteiger partial charge < -0.3 is 5.32 Å². The maximum atomic E-state index is 12.1. The molecule has 0 bridgehead atoms. The van der Waals surface area contributed by atoms with Gasteiger partial charge in [-0.05, 0) is 56.8 Å². The van der Waals surface area contributed by atoms with Crippen molar-refractivity contribution in [2.45, 2.75) is 25.8 Å². The predicted octanol–water partition coefficient (Wildman–Crippen LogP) is 2.66. The monoisotopic (exact) mass is 306 g/mol. The van der Waals surface area contributed by atoms with Crippen LogP contribution < -0.4 is 5.32 Å². The molecule has 1 aliphatic rings. The molecule has 114 valence electrons. The van der Waals surface area contributed by atoms with Gasteiger partial charge in [-0.1, -0.05) is 0 Å². The van der Waals surface area contributed by atoms with Gasteiger partial charge in [0.15, 0.2) is 5.78 Å². The number of nitrogens with one attached hydrogen (secondary N) is 1. The lowest BCUT2D eigenvalue weighted by molar-refractivity contribution is -0.117. The fourth-order valence-corrected chi connectivity index (χ4v) is 3.42. The van der Waals surface area contributed by atoms with Crippen LogP contribution in [0.3, 0.4) is 0 Å². The number of likely N-dealkylation sites (tertiary alicyclic amines) is 1. The van der Waals surface area contributed by atoms with Gasteiger partial charge in [0.1, 0.15) is 0 Å². The molecule has 21 heavy (non-hydrogen) atoms. The van der Waals surface area contributed by atoms with Crippen molar-refractivity contribution >= 4 is 29.1 Å². The number of amides is 1. The van der Waals surface area contributed by atoms with Gasteiger partial charge >= 0.3 is 0 Å². The standard InChI is InChI=1S/C16H22N2O2S/c1-12(19)13-5-7-14(8-6-13)17-16(20)10-18-9-3-4-15(18)11-21-2/h5-8,15H,3-4,9-11H2,1-2H3,(H,17,20). The summed E-state index contributed by atoms with van der Waals surface area (Å²) in [5.41, 5.74) is 1.40. The molecule has 1 saturated heterocycles. The fourth-order valence-electron chi connectivity index (χ4n) is 2.66. The Morgan fingerprint density at radius 1 is 1.33 bits per heavy atom. The molecule has 1 heterocycles. The summed E-state index contributed by atoms with van der Waals surface area (Å²) in [4.78, 5) is 25.6. The van der Waals surface area contributed by atoms with Crippen molar-refractivity contribution in [3.8, 4) is 0 Å². The lowest BCUT2D eigenvalue weighted by Crippen LogP contribution is -2.38. The SMILES string of the molecule is CSCC1CCCN1CC(=O)Nc1ccc(C(C)=O)cc1. The van der Waals surface area contributed by atoms with Crippen LogP contribution in [-0.2, 0) is 4.79 Å². The summed E-state index contributed by atoms with van der Waals surface area (Å²) in [6, 6.07) is 7.55. The van der Waals surface area contributed by atoms with Crippen LogP contribution in [-0.4, -0.2) is 47.7 Å². The van der Waals surface area contributed by atoms with E-state index in [4.69, 9.17) is 0 Å². The summed E-state index contributed by atoms with van der Waals surface area (Å²) < 4.78 is 0. The highest BCUT2D eigenvalue weighted by Gasteiger charge is 2.25. The number of hydrogen-bond donors (Lipinski definition) is 1. The molecule has 1 aromatic carbocycles. The smallest absolute Gasteiger partial charge is 0.238 e. The molecule has 1 aliphatic heterocycles. The molecule has 5 heteroatoms. The predicted molar refractivity (Wildman–Crippen MR) is 88.1 cm³/mol. The van der Waals surface area contributed by atoms with Crippen LogP contribution in [0.1, 0.15) is 30.1 Å². The second kappa shape index (κ2) is 7.61. The zero-order chi connectivity index (χ0) is 15.2. The highest BCUT2D eigenvalue weighted by molar-refractivity contribution is 7.98. The zero-order valence-electron chi connectivity index (χ0n) is 12.6. The molecule has 1 fully saturated rings. The first-order chi connectivity index (χ1) is 10.1. The number of carbonyl (C=O) groups excluding carboxylic acids is 2. The first-order valence-electron chi connectivity index (χ1n) is 7.24. The van der Waals surface area contributed by atoms with E-state index in [1.54, 1.807) is 24.3 Å². The Balaban J connectivity index is 1.88. The third kappa shape index (κ3) is 4.58. The normalized spacial score (nSPS) is 18.7. The van der Waals surface area contributed by atoms with Gasteiger partial charge in [0.25, 0.3) is 0 Å². The van der Waals surface area contributed by atoms with Crippen LogP contribution in [0.5, 0.6) is 0 Å². The Labute approximate surface area is 130 Å².